The van der Waals surface area contributed by atoms with Crippen molar-refractivity contribution in [3.05, 3.63) is 35.4 Å². The molecule has 0 fully saturated rings. The van der Waals surface area contributed by atoms with Crippen LogP contribution >= 0.6 is 0 Å². The highest BCUT2D eigenvalue weighted by Gasteiger charge is 2.33. The summed E-state index contributed by atoms with van der Waals surface area (Å²) in [5.41, 5.74) is 4.20. The van der Waals surface area contributed by atoms with Crippen LogP contribution in [0.25, 0.3) is 6.08 Å². The first-order valence-electron chi connectivity index (χ1n) is 5.16. The van der Waals surface area contributed by atoms with Crippen LogP contribution in [0.2, 0.25) is 0 Å². The maximum Gasteiger partial charge on any atom is 0.418 e. The molecule has 1 rings (SSSR count). The Kier molecular flexibility index (Phi) is 4.36. The molecule has 0 unspecified atom stereocenters. The Labute approximate surface area is 102 Å². The molecule has 1 aromatic rings. The van der Waals surface area contributed by atoms with Crippen molar-refractivity contribution >= 4 is 17.7 Å². The van der Waals surface area contributed by atoms with Crippen molar-refractivity contribution in [2.75, 3.05) is 12.3 Å². The number of alkyl halides is 3. The number of ether oxygens (including phenoxy) is 1. The van der Waals surface area contributed by atoms with Crippen LogP contribution in [0.15, 0.2) is 24.3 Å². The molecule has 0 aliphatic rings. The third kappa shape index (κ3) is 3.51. The van der Waals surface area contributed by atoms with Gasteiger partial charge in [0.25, 0.3) is 0 Å². The lowest BCUT2D eigenvalue weighted by Crippen LogP contribution is -2.09. The van der Waals surface area contributed by atoms with E-state index in [1.165, 1.54) is 18.2 Å². The molecule has 0 saturated heterocycles. The highest BCUT2D eigenvalue weighted by Crippen LogP contribution is 2.35. The fourth-order valence-electron chi connectivity index (χ4n) is 1.32. The summed E-state index contributed by atoms with van der Waals surface area (Å²) >= 11 is 0. The monoisotopic (exact) mass is 259 g/mol. The number of hydrogen-bond acceptors (Lipinski definition) is 3. The molecular formula is C12H12F3NO2. The quantitative estimate of drug-likeness (QED) is 0.516. The first-order chi connectivity index (χ1) is 8.36. The van der Waals surface area contributed by atoms with Crippen molar-refractivity contribution in [3.63, 3.8) is 0 Å². The van der Waals surface area contributed by atoms with E-state index in [0.29, 0.717) is 0 Å². The van der Waals surface area contributed by atoms with Gasteiger partial charge in [-0.1, -0.05) is 12.1 Å². The maximum atomic E-state index is 12.6. The molecule has 3 nitrogen and oxygen atoms in total. The smallest absolute Gasteiger partial charge is 0.418 e. The topological polar surface area (TPSA) is 52.3 Å². The number of carbonyl (C=O) groups excluding carboxylic acids is 1. The Bertz CT molecular complexity index is 467. The second-order valence-corrected chi connectivity index (χ2v) is 3.39. The van der Waals surface area contributed by atoms with Gasteiger partial charge in [0.1, 0.15) is 0 Å². The van der Waals surface area contributed by atoms with Gasteiger partial charge in [-0.15, -0.1) is 0 Å². The molecule has 18 heavy (non-hydrogen) atoms. The molecule has 98 valence electrons. The molecule has 0 saturated carbocycles. The van der Waals surface area contributed by atoms with Gasteiger partial charge in [0.05, 0.1) is 17.9 Å². The van der Waals surface area contributed by atoms with Gasteiger partial charge < -0.3 is 10.5 Å². The normalized spacial score (nSPS) is 11.8. The second kappa shape index (κ2) is 5.57. The van der Waals surface area contributed by atoms with Gasteiger partial charge in [-0.25, -0.2) is 4.79 Å². The van der Waals surface area contributed by atoms with Crippen molar-refractivity contribution in [1.82, 2.24) is 0 Å². The van der Waals surface area contributed by atoms with E-state index >= 15 is 0 Å². The second-order valence-electron chi connectivity index (χ2n) is 3.39. The predicted molar refractivity (Wildman–Crippen MR) is 61.5 cm³/mol. The summed E-state index contributed by atoms with van der Waals surface area (Å²) in [6.07, 6.45) is -2.28. The van der Waals surface area contributed by atoms with Crippen molar-refractivity contribution in [1.29, 1.82) is 0 Å². The summed E-state index contributed by atoms with van der Waals surface area (Å²) in [7, 11) is 0. The molecule has 0 spiro atoms. The molecule has 0 radical (unpaired) electrons. The van der Waals surface area contributed by atoms with E-state index in [0.717, 1.165) is 12.1 Å². The lowest BCUT2D eigenvalue weighted by Gasteiger charge is -2.11. The van der Waals surface area contributed by atoms with Crippen LogP contribution in [-0.2, 0) is 15.7 Å². The van der Waals surface area contributed by atoms with E-state index in [9.17, 15) is 18.0 Å². The van der Waals surface area contributed by atoms with Crippen molar-refractivity contribution in [2.24, 2.45) is 0 Å². The van der Waals surface area contributed by atoms with Crippen LogP contribution in [0.1, 0.15) is 18.1 Å². The average Bonchev–Trinajstić information content (AvgIpc) is 2.26. The number of carbonyl (C=O) groups is 1. The zero-order valence-corrected chi connectivity index (χ0v) is 9.62. The Morgan fingerprint density at radius 3 is 2.67 bits per heavy atom. The van der Waals surface area contributed by atoms with Gasteiger partial charge in [-0.3, -0.25) is 0 Å². The number of anilines is 1. The Morgan fingerprint density at radius 1 is 1.44 bits per heavy atom. The lowest BCUT2D eigenvalue weighted by atomic mass is 10.1. The zero-order valence-electron chi connectivity index (χ0n) is 9.62. The number of para-hydroxylation sites is 1. The summed E-state index contributed by atoms with van der Waals surface area (Å²) in [6, 6.07) is 3.50. The number of nitrogens with two attached hydrogens (primary N) is 1. The summed E-state index contributed by atoms with van der Waals surface area (Å²) in [6.45, 7) is 1.83. The van der Waals surface area contributed by atoms with Gasteiger partial charge in [0, 0.05) is 6.08 Å². The van der Waals surface area contributed by atoms with E-state index in [1.54, 1.807) is 6.92 Å². The largest absolute Gasteiger partial charge is 0.463 e. The molecule has 0 aliphatic heterocycles. The third-order valence-corrected chi connectivity index (χ3v) is 2.13. The van der Waals surface area contributed by atoms with Crippen LogP contribution in [0, 0.1) is 0 Å². The SMILES string of the molecule is CCOC(=O)/C=C/c1cccc(C(F)(F)F)c1N. The maximum absolute atomic E-state index is 12.6. The summed E-state index contributed by atoms with van der Waals surface area (Å²) in [5, 5.41) is 0. The van der Waals surface area contributed by atoms with Gasteiger partial charge >= 0.3 is 12.1 Å². The summed E-state index contributed by atoms with van der Waals surface area (Å²) in [5.74, 6) is -0.630. The highest BCUT2D eigenvalue weighted by atomic mass is 19.4. The fraction of sp³-hybridized carbons (Fsp3) is 0.250. The number of rotatable bonds is 3. The minimum absolute atomic E-state index is 0.123. The van der Waals surface area contributed by atoms with Crippen LogP contribution in [0.3, 0.4) is 0 Å². The lowest BCUT2D eigenvalue weighted by molar-refractivity contribution is -0.137. The van der Waals surface area contributed by atoms with E-state index < -0.39 is 23.4 Å². The molecule has 0 aliphatic carbocycles. The van der Waals surface area contributed by atoms with E-state index in [4.69, 9.17) is 5.73 Å². The molecule has 0 heterocycles. The molecule has 0 atom stereocenters. The van der Waals surface area contributed by atoms with Gasteiger partial charge in [-0.05, 0) is 24.6 Å². The van der Waals surface area contributed by atoms with Crippen LogP contribution in [0.5, 0.6) is 0 Å². The first-order valence-corrected chi connectivity index (χ1v) is 5.16. The summed E-state index contributed by atoms with van der Waals surface area (Å²) < 4.78 is 42.3. The van der Waals surface area contributed by atoms with E-state index in [-0.39, 0.29) is 12.2 Å². The minimum Gasteiger partial charge on any atom is -0.463 e. The van der Waals surface area contributed by atoms with E-state index in [1.807, 2.05) is 0 Å². The first kappa shape index (κ1) is 14.1. The molecule has 0 amide bonds. The Hall–Kier alpha value is -1.98. The standard InChI is InChI=1S/C12H12F3NO2/c1-2-18-10(17)7-6-8-4-3-5-9(11(8)16)12(13,14)15/h3-7H,2,16H2,1H3/b7-6+. The molecule has 0 aromatic heterocycles. The number of benzene rings is 1. The van der Waals surface area contributed by atoms with Crippen LogP contribution < -0.4 is 5.73 Å². The molecule has 1 aromatic carbocycles. The van der Waals surface area contributed by atoms with E-state index in [2.05, 4.69) is 4.74 Å². The van der Waals surface area contributed by atoms with Gasteiger partial charge in [0.15, 0.2) is 0 Å². The molecule has 0 bridgehead atoms. The molecular weight excluding hydrogens is 247 g/mol. The highest BCUT2D eigenvalue weighted by molar-refractivity contribution is 5.88. The zero-order chi connectivity index (χ0) is 13.8. The van der Waals surface area contributed by atoms with Gasteiger partial charge in [0.2, 0.25) is 0 Å². The number of nitrogen functional groups attached to an aromatic ring is 1. The minimum atomic E-state index is -4.52. The predicted octanol–water partition coefficient (Wildman–Crippen LogP) is 2.86. The van der Waals surface area contributed by atoms with Crippen molar-refractivity contribution < 1.29 is 22.7 Å². The number of halogens is 3. The van der Waals surface area contributed by atoms with Crippen LogP contribution in [-0.4, -0.2) is 12.6 Å². The fourth-order valence-corrected chi connectivity index (χ4v) is 1.32. The Balaban J connectivity index is 3.02. The number of esters is 1. The van der Waals surface area contributed by atoms with Crippen LogP contribution in [0.4, 0.5) is 18.9 Å². The third-order valence-electron chi connectivity index (χ3n) is 2.13. The molecule has 6 heteroatoms. The van der Waals surface area contributed by atoms with Crippen molar-refractivity contribution in [2.45, 2.75) is 13.1 Å². The van der Waals surface area contributed by atoms with Gasteiger partial charge in [-0.2, -0.15) is 13.2 Å². The average molecular weight is 259 g/mol. The Morgan fingerprint density at radius 2 is 2.11 bits per heavy atom. The van der Waals surface area contributed by atoms with Crippen molar-refractivity contribution in [3.8, 4) is 0 Å². The summed E-state index contributed by atoms with van der Waals surface area (Å²) in [4.78, 5) is 11.0. The molecule has 2 N–H and O–H groups in total. The number of hydrogen-bond donors (Lipinski definition) is 1.